The minimum absolute atomic E-state index is 0.0472. The van der Waals surface area contributed by atoms with Crippen molar-refractivity contribution in [2.75, 3.05) is 7.05 Å². The summed E-state index contributed by atoms with van der Waals surface area (Å²) in [6.07, 6.45) is -7.66. The first-order valence-electron chi connectivity index (χ1n) is 11.2. The molecule has 0 amide bonds. The van der Waals surface area contributed by atoms with E-state index in [9.17, 15) is 31.6 Å². The molecule has 6 nitrogen and oxygen atoms in total. The van der Waals surface area contributed by atoms with Crippen LogP contribution >= 0.6 is 0 Å². The first-order valence-corrected chi connectivity index (χ1v) is 11.2. The van der Waals surface area contributed by atoms with Gasteiger partial charge in [-0.05, 0) is 38.1 Å². The van der Waals surface area contributed by atoms with Gasteiger partial charge in [0.05, 0.1) is 16.7 Å². The SMILES string of the molecule is CN=C/C(C)=c1\nc(-c2ccc(C(F)(F)F)cc2)/c(=c2\o/c(=C(\C)C#N)nc2-c2ccc(C(F)(F)F)cc2)o1. The Kier molecular flexibility index (Phi) is 7.19. The normalized spacial score (nSPS) is 14.9. The van der Waals surface area contributed by atoms with Crippen molar-refractivity contribution in [2.45, 2.75) is 26.2 Å². The second-order valence-electron chi connectivity index (χ2n) is 8.35. The Balaban J connectivity index is 2.14. The molecule has 12 heteroatoms. The summed E-state index contributed by atoms with van der Waals surface area (Å²) in [7, 11) is 1.52. The Morgan fingerprint density at radius 1 is 0.769 bits per heavy atom. The maximum absolute atomic E-state index is 13.1. The average molecular weight is 544 g/mol. The van der Waals surface area contributed by atoms with E-state index in [-0.39, 0.29) is 50.0 Å². The molecule has 0 saturated carbocycles. The topological polar surface area (TPSA) is 88.2 Å². The van der Waals surface area contributed by atoms with E-state index in [0.29, 0.717) is 5.57 Å². The lowest BCUT2D eigenvalue weighted by atomic mass is 10.1. The van der Waals surface area contributed by atoms with Crippen LogP contribution in [-0.2, 0) is 12.4 Å². The van der Waals surface area contributed by atoms with Gasteiger partial charge in [-0.1, -0.05) is 24.3 Å². The number of aliphatic imine (C=N–C) groups is 1. The van der Waals surface area contributed by atoms with Gasteiger partial charge in [0.2, 0.25) is 21.9 Å². The molecule has 0 aliphatic heterocycles. The van der Waals surface area contributed by atoms with Crippen molar-refractivity contribution in [1.29, 1.82) is 5.26 Å². The second kappa shape index (κ2) is 10.2. The zero-order chi connectivity index (χ0) is 28.5. The van der Waals surface area contributed by atoms with Crippen molar-refractivity contribution in [3.8, 4) is 28.6 Å². The molecule has 0 fully saturated rings. The van der Waals surface area contributed by atoms with Crippen molar-refractivity contribution in [3.63, 3.8) is 0 Å². The van der Waals surface area contributed by atoms with Crippen molar-refractivity contribution < 1.29 is 35.2 Å². The summed E-state index contributed by atoms with van der Waals surface area (Å²) in [6.45, 7) is 3.08. The maximum Gasteiger partial charge on any atom is 0.416 e. The molecule has 0 N–H and O–H groups in total. The molecule has 4 rings (SSSR count). The molecule has 0 saturated heterocycles. The number of aromatic nitrogens is 2. The number of oxazole rings is 2. The summed E-state index contributed by atoms with van der Waals surface area (Å²) < 4.78 is 90.6. The highest BCUT2D eigenvalue weighted by molar-refractivity contribution is 6.00. The van der Waals surface area contributed by atoms with E-state index in [2.05, 4.69) is 15.0 Å². The predicted octanol–water partition coefficient (Wildman–Crippen LogP) is 5.89. The molecule has 0 radical (unpaired) electrons. The van der Waals surface area contributed by atoms with E-state index in [0.717, 1.165) is 24.3 Å². The van der Waals surface area contributed by atoms with E-state index in [1.54, 1.807) is 6.92 Å². The van der Waals surface area contributed by atoms with Crippen LogP contribution in [0.2, 0.25) is 0 Å². The van der Waals surface area contributed by atoms with E-state index >= 15 is 0 Å². The number of halogens is 6. The van der Waals surface area contributed by atoms with Gasteiger partial charge in [-0.3, -0.25) is 4.99 Å². The lowest BCUT2D eigenvalue weighted by Crippen LogP contribution is -2.06. The average Bonchev–Trinajstić information content (AvgIpc) is 3.53. The summed E-state index contributed by atoms with van der Waals surface area (Å²) in [5.41, 5.74) is -0.772. The zero-order valence-electron chi connectivity index (χ0n) is 20.6. The Bertz CT molecular complexity index is 1810. The highest BCUT2D eigenvalue weighted by atomic mass is 19.4. The number of alkyl halides is 6. The van der Waals surface area contributed by atoms with Crippen LogP contribution in [0.4, 0.5) is 26.3 Å². The number of hydrogen-bond donors (Lipinski definition) is 0. The fraction of sp³-hybridized carbons (Fsp3) is 0.185. The van der Waals surface area contributed by atoms with E-state index in [4.69, 9.17) is 8.83 Å². The first-order chi connectivity index (χ1) is 18.3. The van der Waals surface area contributed by atoms with Crippen LogP contribution in [0.25, 0.3) is 33.7 Å². The number of rotatable bonds is 3. The predicted molar refractivity (Wildman–Crippen MR) is 129 cm³/mol. The van der Waals surface area contributed by atoms with Gasteiger partial charge in [0, 0.05) is 30.0 Å². The first kappa shape index (κ1) is 27.4. The van der Waals surface area contributed by atoms with Gasteiger partial charge in [0.15, 0.2) is 0 Å². The van der Waals surface area contributed by atoms with E-state index < -0.39 is 23.5 Å². The quantitative estimate of drug-likeness (QED) is 0.237. The van der Waals surface area contributed by atoms with Gasteiger partial charge in [-0.2, -0.15) is 31.6 Å². The fourth-order valence-corrected chi connectivity index (χ4v) is 3.60. The molecule has 0 aliphatic rings. The third-order valence-corrected chi connectivity index (χ3v) is 5.58. The molecule has 2 aromatic heterocycles. The van der Waals surface area contributed by atoms with Crippen LogP contribution in [0.3, 0.4) is 0 Å². The van der Waals surface area contributed by atoms with Crippen LogP contribution < -0.4 is 11.1 Å². The zero-order valence-corrected chi connectivity index (χ0v) is 20.6. The van der Waals surface area contributed by atoms with Crippen molar-refractivity contribution in [2.24, 2.45) is 4.99 Å². The van der Waals surface area contributed by atoms with Crippen LogP contribution in [0.1, 0.15) is 25.0 Å². The molecular weight excluding hydrogens is 526 g/mol. The number of benzene rings is 2. The van der Waals surface area contributed by atoms with Gasteiger partial charge >= 0.3 is 12.4 Å². The van der Waals surface area contributed by atoms with Gasteiger partial charge in [-0.25, -0.2) is 9.97 Å². The van der Waals surface area contributed by atoms with Gasteiger partial charge < -0.3 is 8.83 Å². The summed E-state index contributed by atoms with van der Waals surface area (Å²) >= 11 is 0. The molecule has 2 heterocycles. The Hall–Kier alpha value is -4.66. The minimum atomic E-state index is -4.56. The summed E-state index contributed by atoms with van der Waals surface area (Å²) in [4.78, 5) is 12.7. The largest absolute Gasteiger partial charge is 0.432 e. The standard InChI is InChI=1S/C27H18F6N4O2/c1-14(12-34)24-36-20(16-4-8-18(9-5-16)26(28,29)30)22(38-24)23-21(37-25(39-23)15(2)13-35-3)17-6-10-19(11-7-17)27(31,32)33/h4-11,13H,1-3H3/b23-22+,24-14+,25-15+,35-13?. The highest BCUT2D eigenvalue weighted by Gasteiger charge is 2.31. The van der Waals surface area contributed by atoms with Crippen LogP contribution in [-0.4, -0.2) is 23.2 Å². The van der Waals surface area contributed by atoms with Crippen molar-refractivity contribution >= 4 is 17.4 Å². The molecule has 2 aromatic carbocycles. The number of nitrogens with zero attached hydrogens (tertiary/aromatic N) is 4. The lowest BCUT2D eigenvalue weighted by molar-refractivity contribution is -0.138. The smallest absolute Gasteiger partial charge is 0.416 e. The van der Waals surface area contributed by atoms with Gasteiger partial charge in [0.25, 0.3) is 0 Å². The number of hydrogen-bond acceptors (Lipinski definition) is 6. The molecule has 39 heavy (non-hydrogen) atoms. The monoisotopic (exact) mass is 544 g/mol. The molecule has 0 spiro atoms. The minimum Gasteiger partial charge on any atom is -0.432 e. The molecule has 4 aromatic rings. The van der Waals surface area contributed by atoms with Gasteiger partial charge in [0.1, 0.15) is 17.5 Å². The molecule has 200 valence electrons. The van der Waals surface area contributed by atoms with Gasteiger partial charge in [-0.15, -0.1) is 0 Å². The van der Waals surface area contributed by atoms with Crippen LogP contribution in [0, 0.1) is 22.2 Å². The van der Waals surface area contributed by atoms with E-state index in [1.165, 1.54) is 44.5 Å². The molecule has 0 unspecified atom stereocenters. The summed E-state index contributed by atoms with van der Waals surface area (Å²) in [5.74, 6) is 0. The fourth-order valence-electron chi connectivity index (χ4n) is 3.60. The maximum atomic E-state index is 13.1. The van der Waals surface area contributed by atoms with Crippen LogP contribution in [0.5, 0.6) is 0 Å². The lowest BCUT2D eigenvalue weighted by Gasteiger charge is -2.06. The summed E-state index contributed by atoms with van der Waals surface area (Å²) in [6, 6.07) is 10.2. The third kappa shape index (κ3) is 5.62. The number of nitriles is 1. The summed E-state index contributed by atoms with van der Waals surface area (Å²) in [5, 5.41) is 9.36. The van der Waals surface area contributed by atoms with Crippen LogP contribution in [0.15, 0.2) is 62.4 Å². The molecule has 0 aliphatic carbocycles. The Morgan fingerprint density at radius 3 is 1.56 bits per heavy atom. The molecule has 0 atom stereocenters. The third-order valence-electron chi connectivity index (χ3n) is 5.58. The Morgan fingerprint density at radius 2 is 1.18 bits per heavy atom. The Labute approximate surface area is 216 Å². The second-order valence-corrected chi connectivity index (χ2v) is 8.35. The van der Waals surface area contributed by atoms with Crippen molar-refractivity contribution in [1.82, 2.24) is 9.97 Å². The molecule has 0 bridgehead atoms. The van der Waals surface area contributed by atoms with E-state index in [1.807, 2.05) is 6.07 Å². The molecular formula is C27H18F6N4O2. The van der Waals surface area contributed by atoms with Crippen molar-refractivity contribution in [3.05, 3.63) is 81.6 Å². The highest BCUT2D eigenvalue weighted by Crippen LogP contribution is 2.32.